The maximum absolute atomic E-state index is 2.47. The summed E-state index contributed by atoms with van der Waals surface area (Å²) in [7, 11) is 0. The summed E-state index contributed by atoms with van der Waals surface area (Å²) in [5.74, 6) is 0. The minimum atomic E-state index is 1.13. The average molecular weight is 561 g/mol. The van der Waals surface area contributed by atoms with Crippen LogP contribution in [-0.2, 0) is 0 Å². The molecule has 0 unspecified atom stereocenters. The van der Waals surface area contributed by atoms with Crippen molar-refractivity contribution in [2.75, 3.05) is 4.90 Å². The molecule has 0 aliphatic heterocycles. The van der Waals surface area contributed by atoms with Crippen molar-refractivity contribution >= 4 is 71.2 Å². The van der Waals surface area contributed by atoms with E-state index >= 15 is 0 Å². The highest BCUT2D eigenvalue weighted by atomic mass is 15.1. The van der Waals surface area contributed by atoms with Crippen LogP contribution in [0.2, 0.25) is 0 Å². The quantitative estimate of drug-likeness (QED) is 0.194. The Morgan fingerprint density at radius 3 is 1.80 bits per heavy atom. The van der Waals surface area contributed by atoms with Crippen molar-refractivity contribution in [3.63, 3.8) is 0 Å². The molecular weight excluding hydrogens is 532 g/mol. The summed E-state index contributed by atoms with van der Waals surface area (Å²) in [5, 5.41) is 10.0. The van der Waals surface area contributed by atoms with Crippen molar-refractivity contribution in [1.29, 1.82) is 0 Å². The molecule has 9 aromatic rings. The summed E-state index contributed by atoms with van der Waals surface area (Å²) in [6, 6.07) is 61.5. The number of hydrogen-bond donors (Lipinski definition) is 0. The summed E-state index contributed by atoms with van der Waals surface area (Å²) < 4.78 is 2.39. The molecular formula is C42H28N2. The van der Waals surface area contributed by atoms with E-state index in [-0.39, 0.29) is 0 Å². The van der Waals surface area contributed by atoms with E-state index in [0.29, 0.717) is 0 Å². The predicted octanol–water partition coefficient (Wildman–Crippen LogP) is 11.7. The van der Waals surface area contributed by atoms with E-state index in [1.165, 1.54) is 59.8 Å². The molecule has 2 nitrogen and oxygen atoms in total. The molecule has 1 aromatic heterocycles. The Hall–Kier alpha value is -5.86. The lowest BCUT2D eigenvalue weighted by Crippen LogP contribution is -2.11. The van der Waals surface area contributed by atoms with E-state index in [1.54, 1.807) is 0 Å². The maximum atomic E-state index is 2.47. The monoisotopic (exact) mass is 560 g/mol. The van der Waals surface area contributed by atoms with Crippen molar-refractivity contribution in [3.05, 3.63) is 170 Å². The van der Waals surface area contributed by atoms with Crippen molar-refractivity contribution in [1.82, 2.24) is 4.57 Å². The molecule has 0 spiro atoms. The summed E-state index contributed by atoms with van der Waals surface area (Å²) in [6.45, 7) is 0. The molecule has 44 heavy (non-hydrogen) atoms. The van der Waals surface area contributed by atoms with Crippen LogP contribution >= 0.6 is 0 Å². The molecule has 1 heterocycles. The second-order valence-corrected chi connectivity index (χ2v) is 11.4. The van der Waals surface area contributed by atoms with E-state index in [9.17, 15) is 0 Å². The highest BCUT2D eigenvalue weighted by Gasteiger charge is 2.23. The molecule has 0 bridgehead atoms. The Kier molecular flexibility index (Phi) is 5.54. The number of rotatable bonds is 4. The molecule has 206 valence electrons. The van der Waals surface area contributed by atoms with E-state index in [1.807, 2.05) is 0 Å². The maximum Gasteiger partial charge on any atom is 0.0562 e. The molecule has 0 atom stereocenters. The number of anilines is 3. The second kappa shape index (κ2) is 9.86. The molecule has 0 aliphatic carbocycles. The smallest absolute Gasteiger partial charge is 0.0562 e. The third kappa shape index (κ3) is 3.68. The Bertz CT molecular complexity index is 2490. The van der Waals surface area contributed by atoms with E-state index in [2.05, 4.69) is 179 Å². The Morgan fingerprint density at radius 1 is 0.364 bits per heavy atom. The van der Waals surface area contributed by atoms with E-state index in [4.69, 9.17) is 0 Å². The van der Waals surface area contributed by atoms with Gasteiger partial charge in [-0.2, -0.15) is 0 Å². The predicted molar refractivity (Wildman–Crippen MR) is 188 cm³/mol. The largest absolute Gasteiger partial charge is 0.309 e. The van der Waals surface area contributed by atoms with Crippen LogP contribution in [-0.4, -0.2) is 4.57 Å². The van der Waals surface area contributed by atoms with Gasteiger partial charge in [0.25, 0.3) is 0 Å². The van der Waals surface area contributed by atoms with Crippen molar-refractivity contribution in [2.24, 2.45) is 0 Å². The van der Waals surface area contributed by atoms with Gasteiger partial charge in [0.05, 0.1) is 22.4 Å². The first-order chi connectivity index (χ1) is 21.9. The van der Waals surface area contributed by atoms with Crippen molar-refractivity contribution in [3.8, 4) is 5.69 Å². The number of nitrogens with zero attached hydrogens (tertiary/aromatic N) is 2. The molecule has 0 fully saturated rings. The fraction of sp³-hybridized carbons (Fsp3) is 0. The number of para-hydroxylation sites is 3. The number of fused-ring (bicyclic) bond motifs is 8. The lowest BCUT2D eigenvalue weighted by molar-refractivity contribution is 1.18. The summed E-state index contributed by atoms with van der Waals surface area (Å²) >= 11 is 0. The van der Waals surface area contributed by atoms with Crippen LogP contribution in [0.25, 0.3) is 59.8 Å². The van der Waals surface area contributed by atoms with Crippen LogP contribution in [0.4, 0.5) is 17.1 Å². The van der Waals surface area contributed by atoms with E-state index < -0.39 is 0 Å². The second-order valence-electron chi connectivity index (χ2n) is 11.4. The number of hydrogen-bond acceptors (Lipinski definition) is 1. The van der Waals surface area contributed by atoms with Gasteiger partial charge in [0.15, 0.2) is 0 Å². The molecule has 9 rings (SSSR count). The van der Waals surface area contributed by atoms with Crippen LogP contribution in [0.15, 0.2) is 170 Å². The zero-order valence-electron chi connectivity index (χ0n) is 24.1. The Morgan fingerprint density at radius 2 is 0.977 bits per heavy atom. The summed E-state index contributed by atoms with van der Waals surface area (Å²) in [5.41, 5.74) is 6.99. The van der Waals surface area contributed by atoms with Crippen LogP contribution in [0.1, 0.15) is 0 Å². The highest BCUT2D eigenvalue weighted by molar-refractivity contribution is 6.23. The highest BCUT2D eigenvalue weighted by Crippen LogP contribution is 2.47. The van der Waals surface area contributed by atoms with Gasteiger partial charge in [0, 0.05) is 27.5 Å². The van der Waals surface area contributed by atoms with Crippen LogP contribution in [0.3, 0.4) is 0 Å². The minimum absolute atomic E-state index is 1.13. The van der Waals surface area contributed by atoms with Crippen LogP contribution < -0.4 is 4.90 Å². The number of aromatic nitrogens is 1. The van der Waals surface area contributed by atoms with Gasteiger partial charge < -0.3 is 9.47 Å². The van der Waals surface area contributed by atoms with Gasteiger partial charge in [-0.1, -0.05) is 121 Å². The molecule has 0 amide bonds. The lowest BCUT2D eigenvalue weighted by atomic mass is 9.95. The van der Waals surface area contributed by atoms with Gasteiger partial charge in [-0.25, -0.2) is 0 Å². The fourth-order valence-corrected chi connectivity index (χ4v) is 7.05. The normalized spacial score (nSPS) is 11.6. The minimum Gasteiger partial charge on any atom is -0.309 e. The molecule has 8 aromatic carbocycles. The van der Waals surface area contributed by atoms with Gasteiger partial charge >= 0.3 is 0 Å². The summed E-state index contributed by atoms with van der Waals surface area (Å²) in [4.78, 5) is 2.47. The zero-order valence-corrected chi connectivity index (χ0v) is 24.1. The molecule has 0 aliphatic rings. The van der Waals surface area contributed by atoms with Gasteiger partial charge in [0.2, 0.25) is 0 Å². The molecule has 0 radical (unpaired) electrons. The van der Waals surface area contributed by atoms with Gasteiger partial charge in [0.1, 0.15) is 0 Å². The van der Waals surface area contributed by atoms with Gasteiger partial charge in [-0.15, -0.1) is 0 Å². The third-order valence-electron chi connectivity index (χ3n) is 8.93. The van der Waals surface area contributed by atoms with Crippen LogP contribution in [0, 0.1) is 0 Å². The molecule has 0 N–H and O–H groups in total. The summed E-state index contributed by atoms with van der Waals surface area (Å²) in [6.07, 6.45) is 0. The fourth-order valence-electron chi connectivity index (χ4n) is 7.05. The molecule has 0 saturated carbocycles. The lowest BCUT2D eigenvalue weighted by Gasteiger charge is -2.28. The average Bonchev–Trinajstić information content (AvgIpc) is 3.44. The SMILES string of the molecule is c1ccc(N(c2cc3c4ccccc4ccc3c3ccccc23)c2cccc3c2c2ccccc2n3-c2ccccc2)cc1. The Balaban J connectivity index is 1.44. The zero-order chi connectivity index (χ0) is 29.0. The topological polar surface area (TPSA) is 8.17 Å². The van der Waals surface area contributed by atoms with Crippen molar-refractivity contribution in [2.45, 2.75) is 0 Å². The van der Waals surface area contributed by atoms with Gasteiger partial charge in [-0.05, 0) is 75.5 Å². The van der Waals surface area contributed by atoms with E-state index in [0.717, 1.165) is 17.1 Å². The first kappa shape index (κ1) is 24.7. The number of benzene rings is 8. The van der Waals surface area contributed by atoms with Gasteiger partial charge in [-0.3, -0.25) is 0 Å². The van der Waals surface area contributed by atoms with Crippen molar-refractivity contribution < 1.29 is 0 Å². The molecule has 0 saturated heterocycles. The molecule has 2 heteroatoms. The first-order valence-corrected chi connectivity index (χ1v) is 15.1. The first-order valence-electron chi connectivity index (χ1n) is 15.1. The Labute approximate surface area is 255 Å². The van der Waals surface area contributed by atoms with Crippen LogP contribution in [0.5, 0.6) is 0 Å². The standard InChI is InChI=1S/C42H28N2/c1-3-15-30(16-4-1)43-38-23-12-11-22-36(38)42-39(43)24-13-25-40(42)44(31-17-5-2-6-18-31)41-28-37-32-19-8-7-14-29(32)26-27-34(37)33-20-9-10-21-35(33)41/h1-28H. The third-order valence-corrected chi connectivity index (χ3v) is 8.93.